The van der Waals surface area contributed by atoms with Gasteiger partial charge in [0, 0.05) is 35.7 Å². The van der Waals surface area contributed by atoms with Crippen molar-refractivity contribution in [1.29, 1.82) is 0 Å². The Labute approximate surface area is 147 Å². The first kappa shape index (κ1) is 18.8. The highest BCUT2D eigenvalue weighted by Crippen LogP contribution is 2.33. The molecular weight excluding hydrogens is 322 g/mol. The number of nitrogens with one attached hydrogen (secondary N) is 1. The summed E-state index contributed by atoms with van der Waals surface area (Å²) in [6.07, 6.45) is 3.79. The van der Waals surface area contributed by atoms with E-state index in [2.05, 4.69) is 15.9 Å². The molecule has 132 valence electrons. The Kier molecular flexibility index (Phi) is 5.96. The van der Waals surface area contributed by atoms with Gasteiger partial charge in [0.15, 0.2) is 0 Å². The molecule has 6 heteroatoms. The first-order valence-corrected chi connectivity index (χ1v) is 9.31. The molecule has 0 saturated carbocycles. The molecule has 2 rings (SSSR count). The van der Waals surface area contributed by atoms with E-state index in [1.54, 1.807) is 4.68 Å². The largest absolute Gasteiger partial charge is 0.598 e. The van der Waals surface area contributed by atoms with Gasteiger partial charge in [-0.1, -0.05) is 6.07 Å². The van der Waals surface area contributed by atoms with E-state index in [0.717, 1.165) is 22.4 Å². The molecule has 0 fully saturated rings. The quantitative estimate of drug-likeness (QED) is 0.810. The Hall–Kier alpha value is -1.50. The third-order valence-electron chi connectivity index (χ3n) is 3.66. The molecule has 0 aliphatic rings. The van der Waals surface area contributed by atoms with Crippen LogP contribution in [0.1, 0.15) is 46.2 Å². The summed E-state index contributed by atoms with van der Waals surface area (Å²) in [6.45, 7) is 10.5. The molecular formula is C18H27N3O2S. The zero-order valence-electron chi connectivity index (χ0n) is 15.3. The van der Waals surface area contributed by atoms with Crippen molar-refractivity contribution in [2.24, 2.45) is 7.05 Å². The van der Waals surface area contributed by atoms with Crippen LogP contribution in [0.2, 0.25) is 0 Å². The lowest BCUT2D eigenvalue weighted by molar-refractivity contribution is 0.341. The standard InChI is InChI=1S/C18H27N3O2S/c1-7-23-17-9-8-14(13(2)20-24(22)18(3,4)5)10-16(17)15-11-19-21(6)12-15/h8-13,20H,7H2,1-6H3/t13-,24?/m1/s1. The molecule has 0 radical (unpaired) electrons. The monoisotopic (exact) mass is 349 g/mol. The molecule has 2 aromatic rings. The number of benzene rings is 1. The summed E-state index contributed by atoms with van der Waals surface area (Å²) in [6, 6.07) is 6.04. The molecule has 1 N–H and O–H groups in total. The van der Waals surface area contributed by atoms with Crippen LogP contribution in [0.25, 0.3) is 11.1 Å². The van der Waals surface area contributed by atoms with E-state index in [0.29, 0.717) is 6.61 Å². The number of rotatable bonds is 6. The Bertz CT molecular complexity index is 679. The SMILES string of the molecule is CCOc1ccc([C@@H](C)N[S+]([O-])C(C)(C)C)cc1-c1cnn(C)c1. The van der Waals surface area contributed by atoms with Crippen LogP contribution in [0.5, 0.6) is 5.75 Å². The lowest BCUT2D eigenvalue weighted by atomic mass is 10.0. The van der Waals surface area contributed by atoms with Gasteiger partial charge in [-0.15, -0.1) is 4.72 Å². The van der Waals surface area contributed by atoms with E-state index in [1.165, 1.54) is 0 Å². The van der Waals surface area contributed by atoms with Gasteiger partial charge in [0.1, 0.15) is 10.5 Å². The van der Waals surface area contributed by atoms with Crippen molar-refractivity contribution in [3.8, 4) is 16.9 Å². The number of nitrogens with zero attached hydrogens (tertiary/aromatic N) is 2. The molecule has 1 unspecified atom stereocenters. The number of aromatic nitrogens is 2. The maximum absolute atomic E-state index is 12.3. The molecule has 24 heavy (non-hydrogen) atoms. The average molecular weight is 350 g/mol. The van der Waals surface area contributed by atoms with Crippen molar-refractivity contribution >= 4 is 11.4 Å². The molecule has 0 spiro atoms. The molecule has 5 nitrogen and oxygen atoms in total. The van der Waals surface area contributed by atoms with E-state index < -0.39 is 11.4 Å². The van der Waals surface area contributed by atoms with Crippen LogP contribution < -0.4 is 9.46 Å². The van der Waals surface area contributed by atoms with E-state index in [1.807, 2.05) is 66.2 Å². The van der Waals surface area contributed by atoms with Gasteiger partial charge in [-0.2, -0.15) is 5.10 Å². The van der Waals surface area contributed by atoms with E-state index in [9.17, 15) is 4.55 Å². The summed E-state index contributed by atoms with van der Waals surface area (Å²) in [5, 5.41) is 4.25. The van der Waals surface area contributed by atoms with E-state index in [4.69, 9.17) is 4.74 Å². The van der Waals surface area contributed by atoms with Crippen LogP contribution >= 0.6 is 0 Å². The summed E-state index contributed by atoms with van der Waals surface area (Å²) in [5.41, 5.74) is 3.07. The summed E-state index contributed by atoms with van der Waals surface area (Å²) in [7, 11) is 1.89. The Morgan fingerprint density at radius 2 is 2.08 bits per heavy atom. The van der Waals surface area contributed by atoms with Crippen molar-refractivity contribution in [2.75, 3.05) is 6.61 Å². The van der Waals surface area contributed by atoms with E-state index in [-0.39, 0.29) is 10.8 Å². The highest BCUT2D eigenvalue weighted by molar-refractivity contribution is 7.90. The normalized spacial score (nSPS) is 14.5. The second-order valence-electron chi connectivity index (χ2n) is 6.81. The van der Waals surface area contributed by atoms with Gasteiger partial charge >= 0.3 is 0 Å². The van der Waals surface area contributed by atoms with Gasteiger partial charge in [0.25, 0.3) is 0 Å². The maximum Gasteiger partial charge on any atom is 0.136 e. The molecule has 1 aromatic heterocycles. The van der Waals surface area contributed by atoms with Gasteiger partial charge in [-0.25, -0.2) is 0 Å². The fraction of sp³-hybridized carbons (Fsp3) is 0.500. The second kappa shape index (κ2) is 7.59. The lowest BCUT2D eigenvalue weighted by Gasteiger charge is -2.26. The minimum atomic E-state index is -1.12. The van der Waals surface area contributed by atoms with Gasteiger partial charge in [0.2, 0.25) is 0 Å². The van der Waals surface area contributed by atoms with Gasteiger partial charge in [-0.05, 0) is 52.3 Å². The predicted octanol–water partition coefficient (Wildman–Crippen LogP) is 3.60. The Morgan fingerprint density at radius 3 is 2.62 bits per heavy atom. The van der Waals surface area contributed by atoms with Crippen LogP contribution in [0, 0.1) is 0 Å². The lowest BCUT2D eigenvalue weighted by Crippen LogP contribution is -2.40. The summed E-state index contributed by atoms with van der Waals surface area (Å²) >= 11 is -1.12. The van der Waals surface area contributed by atoms with Crippen molar-refractivity contribution in [3.63, 3.8) is 0 Å². The number of ether oxygens (including phenoxy) is 1. The Morgan fingerprint density at radius 1 is 1.38 bits per heavy atom. The zero-order valence-corrected chi connectivity index (χ0v) is 16.1. The summed E-state index contributed by atoms with van der Waals surface area (Å²) < 4.78 is 22.7. The molecule has 0 bridgehead atoms. The van der Waals surface area contributed by atoms with Crippen molar-refractivity contribution in [1.82, 2.24) is 14.5 Å². The number of hydrogen-bond acceptors (Lipinski definition) is 4. The maximum atomic E-state index is 12.3. The molecule has 2 atom stereocenters. The second-order valence-corrected chi connectivity index (χ2v) is 8.81. The highest BCUT2D eigenvalue weighted by atomic mass is 32.2. The number of aryl methyl sites for hydroxylation is 1. The molecule has 1 aromatic carbocycles. The van der Waals surface area contributed by atoms with E-state index >= 15 is 0 Å². The Balaban J connectivity index is 2.32. The van der Waals surface area contributed by atoms with Crippen LogP contribution in [0.3, 0.4) is 0 Å². The van der Waals surface area contributed by atoms with Gasteiger partial charge in [-0.3, -0.25) is 4.68 Å². The van der Waals surface area contributed by atoms with Crippen LogP contribution in [-0.4, -0.2) is 25.7 Å². The highest BCUT2D eigenvalue weighted by Gasteiger charge is 2.28. The van der Waals surface area contributed by atoms with Gasteiger partial charge < -0.3 is 9.29 Å². The molecule has 0 aliphatic heterocycles. The van der Waals surface area contributed by atoms with Crippen LogP contribution in [0.15, 0.2) is 30.6 Å². The first-order valence-electron chi connectivity index (χ1n) is 8.16. The fourth-order valence-electron chi connectivity index (χ4n) is 2.29. The summed E-state index contributed by atoms with van der Waals surface area (Å²) in [5.74, 6) is 0.832. The topological polar surface area (TPSA) is 62.1 Å². The molecule has 0 amide bonds. The fourth-order valence-corrected chi connectivity index (χ4v) is 3.10. The van der Waals surface area contributed by atoms with Crippen molar-refractivity contribution in [3.05, 3.63) is 36.2 Å². The summed E-state index contributed by atoms with van der Waals surface area (Å²) in [4.78, 5) is 0. The van der Waals surface area contributed by atoms with Crippen molar-refractivity contribution < 1.29 is 9.29 Å². The van der Waals surface area contributed by atoms with Crippen molar-refractivity contribution in [2.45, 2.75) is 45.4 Å². The minimum Gasteiger partial charge on any atom is -0.598 e. The molecule has 0 saturated heterocycles. The molecule has 0 aliphatic carbocycles. The third-order valence-corrected chi connectivity index (χ3v) is 5.34. The first-order chi connectivity index (χ1) is 11.2. The smallest absolute Gasteiger partial charge is 0.136 e. The predicted molar refractivity (Wildman–Crippen MR) is 99.3 cm³/mol. The zero-order chi connectivity index (χ0) is 17.9. The minimum absolute atomic E-state index is 0.0313. The third kappa shape index (κ3) is 4.53. The molecule has 1 heterocycles. The van der Waals surface area contributed by atoms with Crippen LogP contribution in [-0.2, 0) is 18.4 Å². The van der Waals surface area contributed by atoms with Crippen LogP contribution in [0.4, 0.5) is 0 Å². The number of hydrogen-bond donors (Lipinski definition) is 1. The van der Waals surface area contributed by atoms with Gasteiger partial charge in [0.05, 0.1) is 18.8 Å². The average Bonchev–Trinajstić information content (AvgIpc) is 2.93.